The summed E-state index contributed by atoms with van der Waals surface area (Å²) in [5.74, 6) is -3.77. The first kappa shape index (κ1) is 33.0. The third-order valence-corrected chi connectivity index (χ3v) is 10.1. The van der Waals surface area contributed by atoms with E-state index in [-0.39, 0.29) is 59.7 Å². The first-order valence-electron chi connectivity index (χ1n) is 15.9. The predicted molar refractivity (Wildman–Crippen MR) is 163 cm³/mol. The highest BCUT2D eigenvalue weighted by atomic mass is 16.7. The molecule has 0 amide bonds. The van der Waals surface area contributed by atoms with Crippen molar-refractivity contribution in [1.82, 2.24) is 4.90 Å². The van der Waals surface area contributed by atoms with Crippen LogP contribution in [0.3, 0.4) is 0 Å². The van der Waals surface area contributed by atoms with Gasteiger partial charge in [-0.1, -0.05) is 12.1 Å². The number of fused-ring (bicyclic) bond motifs is 6. The van der Waals surface area contributed by atoms with Crippen LogP contribution in [0.1, 0.15) is 68.8 Å². The zero-order valence-electron chi connectivity index (χ0n) is 26.4. The van der Waals surface area contributed by atoms with Crippen molar-refractivity contribution < 1.29 is 63.6 Å². The fourth-order valence-electron chi connectivity index (χ4n) is 7.89. The highest BCUT2D eigenvalue weighted by Gasteiger charge is 2.55. The first-order valence-corrected chi connectivity index (χ1v) is 15.9. The molecule has 0 aromatic heterocycles. The third kappa shape index (κ3) is 5.04. The Balaban J connectivity index is 1.29. The molecule has 3 fully saturated rings. The van der Waals surface area contributed by atoms with Crippen molar-refractivity contribution in [2.75, 3.05) is 45.3 Å². The Hall–Kier alpha value is -3.51. The third-order valence-electron chi connectivity index (χ3n) is 10.1. The molecule has 2 aromatic carbocycles. The molecule has 0 spiro atoms. The van der Waals surface area contributed by atoms with Gasteiger partial charge in [0.2, 0.25) is 0 Å². The number of aromatic hydroxyl groups is 2. The molecule has 3 heterocycles. The van der Waals surface area contributed by atoms with Crippen molar-refractivity contribution in [3.05, 3.63) is 51.6 Å². The Morgan fingerprint density at radius 1 is 1.10 bits per heavy atom. The van der Waals surface area contributed by atoms with Gasteiger partial charge in [-0.25, -0.2) is 0 Å². The van der Waals surface area contributed by atoms with Gasteiger partial charge in [0.15, 0.2) is 36.2 Å². The molecule has 15 heteroatoms. The van der Waals surface area contributed by atoms with Gasteiger partial charge in [-0.2, -0.15) is 0 Å². The molecule has 0 bridgehead atoms. The van der Waals surface area contributed by atoms with E-state index in [1.165, 1.54) is 19.2 Å². The fourth-order valence-corrected chi connectivity index (χ4v) is 7.89. The smallest absolute Gasteiger partial charge is 0.200 e. The van der Waals surface area contributed by atoms with Crippen molar-refractivity contribution in [1.29, 1.82) is 0 Å². The van der Waals surface area contributed by atoms with Crippen LogP contribution >= 0.6 is 0 Å². The molecule has 0 unspecified atom stereocenters. The van der Waals surface area contributed by atoms with E-state index >= 15 is 0 Å². The Bertz CT molecular complexity index is 1660. The summed E-state index contributed by atoms with van der Waals surface area (Å²) in [6.45, 7) is 1.63. The van der Waals surface area contributed by atoms with Gasteiger partial charge in [0.25, 0.3) is 0 Å². The minimum atomic E-state index is -2.24. The number of phenols is 2. The number of anilines is 1. The second-order valence-corrected chi connectivity index (χ2v) is 12.8. The summed E-state index contributed by atoms with van der Waals surface area (Å²) in [6, 6.07) is 4.32. The van der Waals surface area contributed by atoms with Crippen LogP contribution in [0.15, 0.2) is 18.2 Å². The Morgan fingerprint density at radius 3 is 2.60 bits per heavy atom. The number of ketones is 3. The summed E-state index contributed by atoms with van der Waals surface area (Å²) in [6.07, 6.45) is -4.90. The van der Waals surface area contributed by atoms with Gasteiger partial charge in [-0.05, 0) is 13.0 Å². The molecule has 5 aliphatic rings. The van der Waals surface area contributed by atoms with E-state index in [1.807, 2.05) is 6.92 Å². The minimum Gasteiger partial charge on any atom is -0.507 e. The van der Waals surface area contributed by atoms with Gasteiger partial charge in [0, 0.05) is 67.9 Å². The van der Waals surface area contributed by atoms with Crippen LogP contribution in [0, 0.1) is 0 Å². The highest BCUT2D eigenvalue weighted by molar-refractivity contribution is 6.32. The first-order chi connectivity index (χ1) is 23.0. The van der Waals surface area contributed by atoms with Crippen molar-refractivity contribution in [3.8, 4) is 11.5 Å². The van der Waals surface area contributed by atoms with E-state index < -0.39 is 96.0 Å². The molecule has 48 heavy (non-hydrogen) atoms. The normalized spacial score (nSPS) is 32.6. The molecule has 3 saturated heterocycles. The summed E-state index contributed by atoms with van der Waals surface area (Å²) < 4.78 is 30.1. The lowest BCUT2D eigenvalue weighted by molar-refractivity contribution is -0.256. The van der Waals surface area contributed by atoms with Gasteiger partial charge in [0.05, 0.1) is 42.1 Å². The molecule has 3 aliphatic heterocycles. The van der Waals surface area contributed by atoms with Crippen molar-refractivity contribution >= 4 is 23.0 Å². The number of morpholine rings is 1. The lowest BCUT2D eigenvalue weighted by atomic mass is 9.71. The molecule has 2 aliphatic carbocycles. The number of Topliss-reactive ketones (excluding diaryl/α,β-unsaturated/α-hetero) is 1. The molecular formula is C33H38N2O13. The number of nitrogens with zero attached hydrogens (tertiary/aromatic N) is 1. The van der Waals surface area contributed by atoms with Crippen LogP contribution in [0.4, 0.5) is 5.69 Å². The zero-order chi connectivity index (χ0) is 34.1. The molecule has 15 nitrogen and oxygen atoms in total. The van der Waals surface area contributed by atoms with Gasteiger partial charge in [-0.3, -0.25) is 19.3 Å². The van der Waals surface area contributed by atoms with Crippen LogP contribution < -0.4 is 5.32 Å². The maximum atomic E-state index is 14.1. The van der Waals surface area contributed by atoms with Crippen LogP contribution in [0.5, 0.6) is 11.5 Å². The number of phenolic OH excluding ortho intramolecular Hbond substituents is 2. The second kappa shape index (κ2) is 12.4. The van der Waals surface area contributed by atoms with E-state index in [0.29, 0.717) is 13.2 Å². The number of carbonyl (C=O) groups excluding carboxylic acids is 3. The van der Waals surface area contributed by atoms with Crippen LogP contribution in [0.2, 0.25) is 0 Å². The minimum absolute atomic E-state index is 0.0366. The lowest BCUT2D eigenvalue weighted by Gasteiger charge is -2.43. The summed E-state index contributed by atoms with van der Waals surface area (Å²) in [4.78, 5) is 42.9. The molecule has 0 saturated carbocycles. The topological polar surface area (TPSA) is 214 Å². The van der Waals surface area contributed by atoms with Gasteiger partial charge in [-0.15, -0.1) is 0 Å². The number of methoxy groups -OCH3 is 1. The van der Waals surface area contributed by atoms with Gasteiger partial charge in [0.1, 0.15) is 29.8 Å². The van der Waals surface area contributed by atoms with Gasteiger partial charge < -0.3 is 54.5 Å². The lowest BCUT2D eigenvalue weighted by Crippen LogP contribution is -2.55. The number of aliphatic hydroxyl groups excluding tert-OH is 2. The SMILES string of the molecule is CO[C@H]1OCCN2[C@@H]1O[C@@H]1[C@H](C)O[C@@H](O[C@H]3C[C@](O)(C(=O)CO)Cc4c(O)c5c(c(O)c43)C(=O)c3c(NCCO)cccc3C5=O)C[C@@H]12. The number of benzene rings is 2. The van der Waals surface area contributed by atoms with Crippen molar-refractivity contribution in [3.63, 3.8) is 0 Å². The average Bonchev–Trinajstić information content (AvgIpc) is 3.46. The largest absolute Gasteiger partial charge is 0.507 e. The number of hydrogen-bond acceptors (Lipinski definition) is 15. The average molecular weight is 671 g/mol. The zero-order valence-corrected chi connectivity index (χ0v) is 26.4. The Labute approximate surface area is 274 Å². The van der Waals surface area contributed by atoms with E-state index in [2.05, 4.69) is 10.2 Å². The number of ether oxygens (including phenoxy) is 5. The standard InChI is InChI=1S/C33H38N2O13/c1-14-30-18(35-7-9-45-32(44-2)31(35)48-30)10-21(46-14)47-19-12-33(43,20(38)13-37)11-16-23(19)29(42)25-24(27(16)40)26(39)15-4-3-5-17(34-6-8-36)22(15)28(25)41/h3-5,14,18-19,21,30-32,34,36-37,40,42-43H,6-13H2,1-2H3/t14-,18-,19-,21-,30+,31+,32-,33-/m0/s1. The number of rotatable bonds is 8. The van der Waals surface area contributed by atoms with Crippen molar-refractivity contribution in [2.24, 2.45) is 0 Å². The Morgan fingerprint density at radius 2 is 1.88 bits per heavy atom. The number of carbonyl (C=O) groups is 3. The van der Waals surface area contributed by atoms with Crippen LogP contribution in [-0.2, 0) is 34.9 Å². The monoisotopic (exact) mass is 670 g/mol. The maximum absolute atomic E-state index is 14.1. The Kier molecular flexibility index (Phi) is 8.55. The molecular weight excluding hydrogens is 632 g/mol. The van der Waals surface area contributed by atoms with Crippen LogP contribution in [-0.4, -0.2) is 130 Å². The maximum Gasteiger partial charge on any atom is 0.200 e. The summed E-state index contributed by atoms with van der Waals surface area (Å²) in [7, 11) is 1.53. The second-order valence-electron chi connectivity index (χ2n) is 12.8. The van der Waals surface area contributed by atoms with Gasteiger partial charge >= 0.3 is 0 Å². The fraction of sp³-hybridized carbons (Fsp3) is 0.545. The van der Waals surface area contributed by atoms with Crippen molar-refractivity contribution in [2.45, 2.75) is 74.9 Å². The predicted octanol–water partition coefficient (Wildman–Crippen LogP) is 0.107. The summed E-state index contributed by atoms with van der Waals surface area (Å²) >= 11 is 0. The van der Waals surface area contributed by atoms with E-state index in [9.17, 15) is 39.9 Å². The molecule has 8 atom stereocenters. The van der Waals surface area contributed by atoms with E-state index in [0.717, 1.165) is 0 Å². The number of aliphatic hydroxyl groups is 3. The van der Waals surface area contributed by atoms with Crippen LogP contribution in [0.25, 0.3) is 0 Å². The molecule has 2 aromatic rings. The molecule has 0 radical (unpaired) electrons. The quantitative estimate of drug-likeness (QED) is 0.176. The summed E-state index contributed by atoms with van der Waals surface area (Å²) in [5.41, 5.74) is -3.21. The van der Waals surface area contributed by atoms with E-state index in [1.54, 1.807) is 6.07 Å². The van der Waals surface area contributed by atoms with E-state index in [4.69, 9.17) is 23.7 Å². The molecule has 6 N–H and O–H groups in total. The molecule has 258 valence electrons. The molecule has 7 rings (SSSR count). The number of nitrogens with one attached hydrogen (secondary N) is 1. The highest BCUT2D eigenvalue weighted by Crippen LogP contribution is 2.53. The summed E-state index contributed by atoms with van der Waals surface area (Å²) in [5, 5.41) is 57.0. The number of hydrogen-bond donors (Lipinski definition) is 6.